The van der Waals surface area contributed by atoms with Gasteiger partial charge in [0.2, 0.25) is 17.7 Å². The second-order valence-electron chi connectivity index (χ2n) is 10.6. The minimum Gasteiger partial charge on any atom is -0.481 e. The monoisotopic (exact) mass is 647 g/mol. The molecule has 0 bridgehead atoms. The molecule has 0 aliphatic heterocycles. The van der Waals surface area contributed by atoms with Crippen molar-refractivity contribution in [2.45, 2.75) is 84.3 Å². The Labute approximate surface area is 265 Å². The molecule has 0 aromatic heterocycles. The van der Waals surface area contributed by atoms with Crippen molar-refractivity contribution in [2.24, 2.45) is 11.7 Å². The van der Waals surface area contributed by atoms with Gasteiger partial charge < -0.3 is 51.1 Å². The van der Waals surface area contributed by atoms with E-state index in [-0.39, 0.29) is 44.8 Å². The van der Waals surface area contributed by atoms with E-state index < -0.39 is 60.2 Å². The Morgan fingerprint density at radius 3 is 1.76 bits per heavy atom. The molecular weight excluding hydrogens is 594 g/mol. The van der Waals surface area contributed by atoms with E-state index in [1.807, 2.05) is 6.92 Å². The molecule has 0 aliphatic carbocycles. The number of aliphatic carboxylic acids is 1. The summed E-state index contributed by atoms with van der Waals surface area (Å²) in [7, 11) is 0. The van der Waals surface area contributed by atoms with Crippen molar-refractivity contribution < 1.29 is 52.8 Å². The van der Waals surface area contributed by atoms with Crippen molar-refractivity contribution in [1.29, 1.82) is 0 Å². The molecule has 0 aromatic rings. The number of hydrogen-bond donors (Lipinski definition) is 6. The molecule has 0 heterocycles. The second-order valence-corrected chi connectivity index (χ2v) is 10.6. The summed E-state index contributed by atoms with van der Waals surface area (Å²) in [5, 5.41) is 19.3. The van der Waals surface area contributed by atoms with Gasteiger partial charge in [-0.2, -0.15) is 0 Å². The fourth-order valence-electron chi connectivity index (χ4n) is 3.82. The summed E-state index contributed by atoms with van der Waals surface area (Å²) in [6.07, 6.45) is 0.871. The van der Waals surface area contributed by atoms with Crippen LogP contribution in [-0.2, 0) is 42.9 Å². The number of carboxylic acid groups (broad SMARTS) is 1. The Morgan fingerprint density at radius 2 is 1.27 bits per heavy atom. The Kier molecular flexibility index (Phi) is 24.0. The van der Waals surface area contributed by atoms with Crippen molar-refractivity contribution in [3.63, 3.8) is 0 Å². The van der Waals surface area contributed by atoms with Crippen LogP contribution in [0.1, 0.15) is 66.2 Å². The number of carbonyl (C=O) groups is 6. The lowest BCUT2D eigenvalue weighted by molar-refractivity contribution is -0.138. The lowest BCUT2D eigenvalue weighted by Gasteiger charge is -2.27. The number of urea groups is 1. The van der Waals surface area contributed by atoms with Crippen LogP contribution >= 0.6 is 0 Å². The highest BCUT2D eigenvalue weighted by atomic mass is 16.6. The Bertz CT molecular complexity index is 904. The summed E-state index contributed by atoms with van der Waals surface area (Å²) < 4.78 is 21.5. The van der Waals surface area contributed by atoms with Gasteiger partial charge in [0.1, 0.15) is 12.1 Å². The van der Waals surface area contributed by atoms with E-state index in [2.05, 4.69) is 21.3 Å². The molecule has 5 amide bonds. The Morgan fingerprint density at radius 1 is 0.711 bits per heavy atom. The number of hydrogen-bond acceptors (Lipinski definition) is 10. The molecule has 3 atom stereocenters. The number of nitrogens with one attached hydrogen (secondary N) is 4. The van der Waals surface area contributed by atoms with Gasteiger partial charge in [-0.1, -0.05) is 20.8 Å². The summed E-state index contributed by atoms with van der Waals surface area (Å²) >= 11 is 0. The number of rotatable bonds is 28. The van der Waals surface area contributed by atoms with E-state index in [0.29, 0.717) is 46.1 Å². The summed E-state index contributed by atoms with van der Waals surface area (Å²) in [6.45, 7) is 10.1. The molecule has 0 radical (unpaired) electrons. The normalized spacial score (nSPS) is 13.0. The van der Waals surface area contributed by atoms with Crippen LogP contribution in [0.5, 0.6) is 0 Å². The van der Waals surface area contributed by atoms with E-state index in [0.717, 1.165) is 6.42 Å². The zero-order valence-electron chi connectivity index (χ0n) is 27.0. The van der Waals surface area contributed by atoms with Gasteiger partial charge in [0.25, 0.3) is 0 Å². The standard InChI is InChI=1S/C29H53N5O11/c1-5-12-42-14-16-44-18-19-45-17-15-43-13-10-24(36)32-23(8-9-25(37)38)27(39)34-26(20(2)3)28(40)33-22(21(4)35)7-6-11-31-29(30)41/h20,22-23,26H,5-19H2,1-4H3,(H,32,36)(H,33,40)(H,34,39)(H,37,38)(H3,30,31,41). The molecule has 45 heavy (non-hydrogen) atoms. The van der Waals surface area contributed by atoms with Crippen LogP contribution < -0.4 is 27.0 Å². The van der Waals surface area contributed by atoms with Crippen LogP contribution in [0.3, 0.4) is 0 Å². The lowest BCUT2D eigenvalue weighted by Crippen LogP contribution is -2.57. The molecule has 0 saturated heterocycles. The van der Waals surface area contributed by atoms with Gasteiger partial charge in [-0.25, -0.2) is 4.79 Å². The quantitative estimate of drug-likeness (QED) is 0.0612. The fraction of sp³-hybridized carbons (Fsp3) is 0.793. The Balaban J connectivity index is 4.78. The number of carbonyl (C=O) groups excluding carboxylic acids is 5. The average molecular weight is 648 g/mol. The molecule has 0 aliphatic rings. The zero-order chi connectivity index (χ0) is 34.0. The van der Waals surface area contributed by atoms with E-state index in [4.69, 9.17) is 29.8 Å². The average Bonchev–Trinajstić information content (AvgIpc) is 2.97. The highest BCUT2D eigenvalue weighted by Crippen LogP contribution is 2.08. The molecule has 0 rings (SSSR count). The lowest BCUT2D eigenvalue weighted by atomic mass is 10.0. The first-order valence-corrected chi connectivity index (χ1v) is 15.4. The van der Waals surface area contributed by atoms with Crippen molar-refractivity contribution >= 4 is 35.5 Å². The number of primary amides is 1. The van der Waals surface area contributed by atoms with E-state index in [1.165, 1.54) is 6.92 Å². The molecule has 0 aromatic carbocycles. The van der Waals surface area contributed by atoms with Gasteiger partial charge in [-0.05, 0) is 38.5 Å². The fourth-order valence-corrected chi connectivity index (χ4v) is 3.82. The molecule has 0 saturated carbocycles. The van der Waals surface area contributed by atoms with Crippen LogP contribution in [-0.4, -0.2) is 118 Å². The minimum atomic E-state index is -1.22. The van der Waals surface area contributed by atoms with Crippen molar-refractivity contribution in [2.75, 3.05) is 59.4 Å². The number of ketones is 1. The van der Waals surface area contributed by atoms with Crippen molar-refractivity contribution in [3.05, 3.63) is 0 Å². The van der Waals surface area contributed by atoms with Crippen LogP contribution in [0, 0.1) is 5.92 Å². The maximum Gasteiger partial charge on any atom is 0.312 e. The SMILES string of the molecule is CCCOCCOCCOCCOCCC(=O)NC(CCC(=O)O)C(=O)NC(C(=O)NC(CCCNC(N)=O)C(C)=O)C(C)C. The number of amides is 5. The van der Waals surface area contributed by atoms with E-state index in [1.54, 1.807) is 13.8 Å². The molecule has 3 unspecified atom stereocenters. The number of ether oxygens (including phenoxy) is 4. The maximum absolute atomic E-state index is 13.1. The van der Waals surface area contributed by atoms with Gasteiger partial charge in [0.05, 0.1) is 52.3 Å². The first-order valence-electron chi connectivity index (χ1n) is 15.4. The van der Waals surface area contributed by atoms with Gasteiger partial charge in [0, 0.05) is 26.0 Å². The third-order valence-corrected chi connectivity index (χ3v) is 6.26. The van der Waals surface area contributed by atoms with Crippen LogP contribution in [0.2, 0.25) is 0 Å². The summed E-state index contributed by atoms with van der Waals surface area (Å²) in [4.78, 5) is 72.8. The number of nitrogens with two attached hydrogens (primary N) is 1. The van der Waals surface area contributed by atoms with E-state index in [9.17, 15) is 28.8 Å². The second kappa shape index (κ2) is 25.9. The first-order chi connectivity index (χ1) is 21.4. The molecule has 16 heteroatoms. The summed E-state index contributed by atoms with van der Waals surface area (Å²) in [5.41, 5.74) is 5.03. The van der Waals surface area contributed by atoms with Crippen LogP contribution in [0.25, 0.3) is 0 Å². The van der Waals surface area contributed by atoms with Crippen LogP contribution in [0.15, 0.2) is 0 Å². The molecule has 0 fully saturated rings. The first kappa shape index (κ1) is 41.7. The largest absolute Gasteiger partial charge is 0.481 e. The third-order valence-electron chi connectivity index (χ3n) is 6.26. The van der Waals surface area contributed by atoms with Crippen molar-refractivity contribution in [1.82, 2.24) is 21.3 Å². The Hall–Kier alpha value is -3.34. The molecule has 260 valence electrons. The highest BCUT2D eigenvalue weighted by molar-refractivity contribution is 5.94. The summed E-state index contributed by atoms with van der Waals surface area (Å²) in [6, 6.07) is -3.86. The van der Waals surface area contributed by atoms with E-state index >= 15 is 0 Å². The zero-order valence-corrected chi connectivity index (χ0v) is 27.0. The highest BCUT2D eigenvalue weighted by Gasteiger charge is 2.30. The molecule has 0 spiro atoms. The van der Waals surface area contributed by atoms with Crippen LogP contribution in [0.4, 0.5) is 4.79 Å². The summed E-state index contributed by atoms with van der Waals surface area (Å²) in [5.74, 6) is -3.77. The predicted octanol–water partition coefficient (Wildman–Crippen LogP) is -0.134. The van der Waals surface area contributed by atoms with Crippen molar-refractivity contribution in [3.8, 4) is 0 Å². The topological polar surface area (TPSA) is 234 Å². The van der Waals surface area contributed by atoms with Gasteiger partial charge in [-0.3, -0.25) is 24.0 Å². The van der Waals surface area contributed by atoms with Gasteiger partial charge in [-0.15, -0.1) is 0 Å². The van der Waals surface area contributed by atoms with Gasteiger partial charge in [0.15, 0.2) is 5.78 Å². The smallest absolute Gasteiger partial charge is 0.312 e. The number of Topliss-reactive ketones (excluding diaryl/α,β-unsaturated/α-hetero) is 1. The van der Waals surface area contributed by atoms with Gasteiger partial charge >= 0.3 is 12.0 Å². The predicted molar refractivity (Wildman–Crippen MR) is 163 cm³/mol. The maximum atomic E-state index is 13.1. The molecular formula is C29H53N5O11. The third kappa shape index (κ3) is 22.8. The minimum absolute atomic E-state index is 0.0478. The molecule has 16 nitrogen and oxygen atoms in total. The molecule has 7 N–H and O–H groups in total. The number of carboxylic acids is 1.